The number of amides is 2. The molecule has 8 aromatic rings. The molecule has 17 nitrogen and oxygen atoms in total. The minimum absolute atomic E-state index is 0.0506. The summed E-state index contributed by atoms with van der Waals surface area (Å²) in [5.41, 5.74) is 9.41. The Hall–Kier alpha value is -8.86. The summed E-state index contributed by atoms with van der Waals surface area (Å²) in [7, 11) is 1.65. The highest BCUT2D eigenvalue weighted by Gasteiger charge is 2.34. The van der Waals surface area contributed by atoms with Crippen molar-refractivity contribution in [3.63, 3.8) is 0 Å². The highest BCUT2D eigenvalue weighted by Crippen LogP contribution is 2.33. The van der Waals surface area contributed by atoms with E-state index in [1.165, 1.54) is 4.90 Å². The molecule has 2 aromatic heterocycles. The van der Waals surface area contributed by atoms with Gasteiger partial charge in [0.05, 0.1) is 13.7 Å². The monoisotopic (exact) mass is 1080 g/mol. The Kier molecular flexibility index (Phi) is 21.5. The Morgan fingerprint density at radius 2 is 1.09 bits per heavy atom. The number of nitrogens with zero attached hydrogens (tertiary/aromatic N) is 9. The van der Waals surface area contributed by atoms with Crippen LogP contribution in [-0.4, -0.2) is 98.7 Å². The predicted octanol–water partition coefficient (Wildman–Crippen LogP) is 11.5. The topological polar surface area (TPSA) is 212 Å². The summed E-state index contributed by atoms with van der Waals surface area (Å²) in [6, 6.07) is 47.6. The molecule has 0 bridgehead atoms. The van der Waals surface area contributed by atoms with Gasteiger partial charge in [0, 0.05) is 37.1 Å². The molecule has 80 heavy (non-hydrogen) atoms. The highest BCUT2D eigenvalue weighted by molar-refractivity contribution is 5.86. The number of aliphatic carboxylic acids is 1. The van der Waals surface area contributed by atoms with Crippen LogP contribution in [0, 0.1) is 11.8 Å². The molecule has 0 spiro atoms. The first-order valence-electron chi connectivity index (χ1n) is 27.3. The summed E-state index contributed by atoms with van der Waals surface area (Å²) in [6.45, 7) is 12.9. The van der Waals surface area contributed by atoms with Crippen LogP contribution < -0.4 is 4.74 Å². The third kappa shape index (κ3) is 15.7. The molecule has 0 saturated heterocycles. The SMILES string of the molecule is CCCCC(=O)N(Cc1ccc(-c2ccccc2-c2nn[nH]n2)cc1)[C@H](C(=O)O)C(C)C.CCCCC(=O)N(Cc1ccc(-c2ccccc2-c2nnnn2Cc2ccc(OC)cc2)cc1)[C@H](C(=O)OCc1ccccc1)C(C)C. The maximum atomic E-state index is 13.6. The molecular formula is C63H72N10O7. The first kappa shape index (κ1) is 58.8. The standard InChI is InChI=1S/C39H43N5O4.C24H29N5O3/c1-5-6-16-36(45)43(37(28(2)3)39(46)48-27-31-12-8-7-9-13-31)25-29-17-21-32(22-18-29)34-14-10-11-15-35(34)38-40-41-42-44(38)26-30-19-23-33(47-4)24-20-30;1-4-5-10-21(30)29(22(16(2)3)24(31)32)15-17-11-13-18(14-12-17)19-8-6-7-9-20(19)23-25-27-28-26-23/h7-15,17-24,28,37H,5-6,16,25-27H2,1-4H3;6-9,11-14,16,22H,4-5,10,15H2,1-3H3,(H,31,32)(H,25,26,27,28)/t37-;22-/m00/s1. The van der Waals surface area contributed by atoms with Gasteiger partial charge in [0.1, 0.15) is 24.4 Å². The Morgan fingerprint density at radius 3 is 1.59 bits per heavy atom. The molecule has 0 aliphatic carbocycles. The average molecular weight is 1080 g/mol. The first-order valence-corrected chi connectivity index (χ1v) is 27.3. The zero-order valence-corrected chi connectivity index (χ0v) is 46.7. The van der Waals surface area contributed by atoms with Crippen LogP contribution in [0.25, 0.3) is 45.0 Å². The number of benzene rings is 6. The van der Waals surface area contributed by atoms with Gasteiger partial charge >= 0.3 is 11.9 Å². The van der Waals surface area contributed by atoms with Crippen molar-refractivity contribution in [3.8, 4) is 50.8 Å². The molecule has 0 fully saturated rings. The van der Waals surface area contributed by atoms with Crippen LogP contribution in [0.2, 0.25) is 0 Å². The second kappa shape index (κ2) is 29.2. The Balaban J connectivity index is 0.000000251. The smallest absolute Gasteiger partial charge is 0.329 e. The molecule has 0 saturated carbocycles. The fraction of sp³-hybridized carbons (Fsp3) is 0.333. The number of nitrogens with one attached hydrogen (secondary N) is 1. The van der Waals surface area contributed by atoms with Gasteiger partial charge in [-0.1, -0.05) is 194 Å². The van der Waals surface area contributed by atoms with Crippen LogP contribution in [-0.2, 0) is 50.2 Å². The van der Waals surface area contributed by atoms with E-state index in [2.05, 4.69) is 49.1 Å². The van der Waals surface area contributed by atoms with Crippen LogP contribution in [0.3, 0.4) is 0 Å². The zero-order chi connectivity index (χ0) is 57.0. The maximum absolute atomic E-state index is 13.6. The lowest BCUT2D eigenvalue weighted by Crippen LogP contribution is -2.48. The van der Waals surface area contributed by atoms with Crippen LogP contribution in [0.4, 0.5) is 0 Å². The Labute approximate surface area is 468 Å². The van der Waals surface area contributed by atoms with E-state index in [9.17, 15) is 24.3 Å². The third-order valence-corrected chi connectivity index (χ3v) is 13.7. The van der Waals surface area contributed by atoms with Crippen molar-refractivity contribution in [1.29, 1.82) is 0 Å². The minimum atomic E-state index is -0.976. The molecule has 17 heteroatoms. The number of esters is 1. The lowest BCUT2D eigenvalue weighted by Gasteiger charge is -2.33. The number of hydrogen-bond donors (Lipinski definition) is 2. The number of methoxy groups -OCH3 is 1. The van der Waals surface area contributed by atoms with E-state index >= 15 is 0 Å². The molecular weight excluding hydrogens is 1010 g/mol. The molecule has 0 aliphatic rings. The van der Waals surface area contributed by atoms with Gasteiger partial charge in [0.2, 0.25) is 17.6 Å². The maximum Gasteiger partial charge on any atom is 0.329 e. The summed E-state index contributed by atoms with van der Waals surface area (Å²) in [6.07, 6.45) is 4.00. The van der Waals surface area contributed by atoms with Gasteiger partial charge in [0.25, 0.3) is 0 Å². The van der Waals surface area contributed by atoms with Crippen molar-refractivity contribution < 1.29 is 33.8 Å². The van der Waals surface area contributed by atoms with Crippen LogP contribution in [0.15, 0.2) is 152 Å². The van der Waals surface area contributed by atoms with Crippen molar-refractivity contribution in [2.45, 2.75) is 118 Å². The summed E-state index contributed by atoms with van der Waals surface area (Å²) < 4.78 is 12.8. The molecule has 0 aliphatic heterocycles. The number of ether oxygens (including phenoxy) is 2. The molecule has 2 heterocycles. The zero-order valence-electron chi connectivity index (χ0n) is 46.7. The van der Waals surface area contributed by atoms with Crippen LogP contribution in [0.1, 0.15) is 102 Å². The summed E-state index contributed by atoms with van der Waals surface area (Å²) in [4.78, 5) is 55.1. The second-order valence-corrected chi connectivity index (χ2v) is 20.3. The van der Waals surface area contributed by atoms with Crippen molar-refractivity contribution >= 4 is 23.8 Å². The van der Waals surface area contributed by atoms with Gasteiger partial charge in [-0.05, 0) is 97.0 Å². The number of unbranched alkanes of at least 4 members (excludes halogenated alkanes) is 2. The average Bonchev–Trinajstić information content (AvgIpc) is 4.20. The summed E-state index contributed by atoms with van der Waals surface area (Å²) >= 11 is 0. The summed E-state index contributed by atoms with van der Waals surface area (Å²) in [5, 5.41) is 36.7. The van der Waals surface area contributed by atoms with Gasteiger partial charge in [-0.15, -0.1) is 15.3 Å². The molecule has 416 valence electrons. The Morgan fingerprint density at radius 1 is 0.588 bits per heavy atom. The van der Waals surface area contributed by atoms with Crippen molar-refractivity contribution in [2.75, 3.05) is 7.11 Å². The first-order chi connectivity index (χ1) is 38.8. The second-order valence-electron chi connectivity index (χ2n) is 20.3. The van der Waals surface area contributed by atoms with Gasteiger partial charge < -0.3 is 24.4 Å². The van der Waals surface area contributed by atoms with Crippen molar-refractivity contribution in [2.24, 2.45) is 11.8 Å². The van der Waals surface area contributed by atoms with Gasteiger partial charge in [-0.3, -0.25) is 9.59 Å². The van der Waals surface area contributed by atoms with E-state index < -0.39 is 24.0 Å². The van der Waals surface area contributed by atoms with Crippen molar-refractivity contribution in [3.05, 3.63) is 174 Å². The van der Waals surface area contributed by atoms with Gasteiger partial charge in [0.15, 0.2) is 5.82 Å². The van der Waals surface area contributed by atoms with E-state index in [0.29, 0.717) is 37.6 Å². The number of hydrogen-bond acceptors (Lipinski definition) is 12. The molecule has 2 amide bonds. The molecule has 8 rings (SSSR count). The lowest BCUT2D eigenvalue weighted by atomic mass is 9.97. The number of carbonyl (C=O) groups is 4. The molecule has 0 unspecified atom stereocenters. The number of rotatable bonds is 25. The number of aromatic nitrogens is 8. The number of tetrazole rings is 2. The normalized spacial score (nSPS) is 11.8. The molecule has 2 N–H and O–H groups in total. The van der Waals surface area contributed by atoms with Gasteiger partial charge in [-0.25, -0.2) is 14.3 Å². The lowest BCUT2D eigenvalue weighted by molar-refractivity contribution is -0.159. The molecule has 2 atom stereocenters. The fourth-order valence-corrected chi connectivity index (χ4v) is 9.49. The quantitative estimate of drug-likeness (QED) is 0.0511. The minimum Gasteiger partial charge on any atom is -0.497 e. The fourth-order valence-electron chi connectivity index (χ4n) is 9.49. The number of aromatic amines is 1. The van der Waals surface area contributed by atoms with Crippen molar-refractivity contribution in [1.82, 2.24) is 50.6 Å². The van der Waals surface area contributed by atoms with Crippen LogP contribution >= 0.6 is 0 Å². The predicted molar refractivity (Wildman–Crippen MR) is 307 cm³/mol. The molecule has 6 aromatic carbocycles. The summed E-state index contributed by atoms with van der Waals surface area (Å²) in [5.74, 6) is 0.0937. The highest BCUT2D eigenvalue weighted by atomic mass is 16.5. The molecule has 0 radical (unpaired) electrons. The number of carboxylic acid groups (broad SMARTS) is 1. The van der Waals surface area contributed by atoms with E-state index in [1.54, 1.807) is 16.7 Å². The largest absolute Gasteiger partial charge is 0.497 e. The van der Waals surface area contributed by atoms with E-state index in [-0.39, 0.29) is 36.8 Å². The van der Waals surface area contributed by atoms with E-state index in [0.717, 1.165) is 87.1 Å². The van der Waals surface area contributed by atoms with Crippen LogP contribution in [0.5, 0.6) is 5.75 Å². The number of H-pyrrole nitrogens is 1. The Bertz CT molecular complexity index is 3220. The number of carbonyl (C=O) groups excluding carboxylic acids is 3. The van der Waals surface area contributed by atoms with E-state index in [1.807, 2.05) is 180 Å². The van der Waals surface area contributed by atoms with Gasteiger partial charge in [-0.2, -0.15) is 5.21 Å². The number of carboxylic acids is 1. The van der Waals surface area contributed by atoms with E-state index in [4.69, 9.17) is 9.47 Å². The third-order valence-electron chi connectivity index (χ3n) is 13.7.